The lowest BCUT2D eigenvalue weighted by Gasteiger charge is -2.25. The van der Waals surface area contributed by atoms with Crippen molar-refractivity contribution in [2.75, 3.05) is 0 Å². The van der Waals surface area contributed by atoms with E-state index in [0.717, 1.165) is 4.90 Å². The lowest BCUT2D eigenvalue weighted by molar-refractivity contribution is 0.782. The molecule has 0 aliphatic rings. The van der Waals surface area contributed by atoms with Crippen molar-refractivity contribution < 1.29 is 0 Å². The molecule has 0 amide bonds. The minimum atomic E-state index is -0.271. The number of hydrogen-bond donors (Lipinski definition) is 1. The average Bonchev–Trinajstić information content (AvgIpc) is 2.99. The van der Waals surface area contributed by atoms with Crippen LogP contribution in [0.15, 0.2) is 75.0 Å². The Hall–Kier alpha value is -2.02. The van der Waals surface area contributed by atoms with E-state index >= 15 is 0 Å². The molecule has 2 aromatic carbocycles. The largest absolute Gasteiger partial charge is 0.332 e. The van der Waals surface area contributed by atoms with Crippen LogP contribution in [-0.2, 0) is 4.75 Å². The summed E-state index contributed by atoms with van der Waals surface area (Å²) in [5, 5.41) is 0.492. The van der Waals surface area contributed by atoms with Gasteiger partial charge < -0.3 is 4.98 Å². The summed E-state index contributed by atoms with van der Waals surface area (Å²) in [5.74, 6) is 0. The number of H-pyrrole nitrogens is 1. The topological polar surface area (TPSA) is 50.7 Å². The third kappa shape index (κ3) is 3.64. The maximum Gasteiger partial charge on any atom is 0.332 e. The summed E-state index contributed by atoms with van der Waals surface area (Å²) in [6.45, 7) is 4.36. The summed E-state index contributed by atoms with van der Waals surface area (Å²) in [6.07, 6.45) is 0. The van der Waals surface area contributed by atoms with Gasteiger partial charge in [-0.1, -0.05) is 41.9 Å². The Morgan fingerprint density at radius 1 is 1.11 bits per heavy atom. The Morgan fingerprint density at radius 3 is 2.61 bits per heavy atom. The summed E-state index contributed by atoms with van der Waals surface area (Å²) in [5.41, 5.74) is 2.76. The van der Waals surface area contributed by atoms with Crippen molar-refractivity contribution in [1.29, 1.82) is 0 Å². The molecule has 0 aliphatic heterocycles. The van der Waals surface area contributed by atoms with E-state index in [4.69, 9.17) is 11.6 Å². The lowest BCUT2D eigenvalue weighted by atomic mass is 10.0. The van der Waals surface area contributed by atoms with Crippen molar-refractivity contribution in [2.45, 2.75) is 23.5 Å². The first kappa shape index (κ1) is 19.3. The molecule has 0 unspecified atom stereocenters. The molecular formula is C21H17BrClN3OS. The molecule has 4 aromatic rings. The monoisotopic (exact) mass is 473 g/mol. The second-order valence-electron chi connectivity index (χ2n) is 6.86. The highest BCUT2D eigenvalue weighted by Crippen LogP contribution is 2.42. The molecule has 142 valence electrons. The zero-order chi connectivity index (χ0) is 19.9. The lowest BCUT2D eigenvalue weighted by Crippen LogP contribution is -2.16. The summed E-state index contributed by atoms with van der Waals surface area (Å²) >= 11 is 11.6. The first-order chi connectivity index (χ1) is 13.3. The number of nitrogens with one attached hydrogen (secondary N) is 1. The normalized spacial score (nSPS) is 11.9. The number of pyridine rings is 1. The molecule has 2 heterocycles. The third-order valence-corrected chi connectivity index (χ3v) is 6.50. The zero-order valence-electron chi connectivity index (χ0n) is 15.2. The second kappa shape index (κ2) is 7.43. The van der Waals surface area contributed by atoms with Gasteiger partial charge in [0.05, 0.1) is 16.2 Å². The van der Waals surface area contributed by atoms with Gasteiger partial charge in [0, 0.05) is 9.64 Å². The molecule has 0 aliphatic carbocycles. The van der Waals surface area contributed by atoms with Crippen LogP contribution >= 0.6 is 39.3 Å². The van der Waals surface area contributed by atoms with E-state index in [2.05, 4.69) is 51.9 Å². The SMILES string of the molecule is CC(C)(Sc1ccc(Cl)c(-n2c(=O)[nH]c3ccc(Br)nc32)c1)c1ccccc1. The quantitative estimate of drug-likeness (QED) is 0.285. The number of hydrogen-bond acceptors (Lipinski definition) is 3. The summed E-state index contributed by atoms with van der Waals surface area (Å²) in [6, 6.07) is 19.7. The van der Waals surface area contributed by atoms with Crippen LogP contribution in [0.25, 0.3) is 16.9 Å². The molecule has 28 heavy (non-hydrogen) atoms. The van der Waals surface area contributed by atoms with Crippen molar-refractivity contribution >= 4 is 50.5 Å². The molecule has 0 atom stereocenters. The van der Waals surface area contributed by atoms with Gasteiger partial charge in [-0.25, -0.2) is 14.3 Å². The van der Waals surface area contributed by atoms with Crippen molar-refractivity contribution in [1.82, 2.24) is 14.5 Å². The molecule has 1 N–H and O–H groups in total. The molecule has 0 saturated carbocycles. The van der Waals surface area contributed by atoms with Crippen LogP contribution < -0.4 is 5.69 Å². The van der Waals surface area contributed by atoms with Crippen LogP contribution in [0.5, 0.6) is 0 Å². The number of fused-ring (bicyclic) bond motifs is 1. The van der Waals surface area contributed by atoms with E-state index in [0.29, 0.717) is 26.5 Å². The molecule has 2 aromatic heterocycles. The Bertz CT molecular complexity index is 1220. The van der Waals surface area contributed by atoms with Crippen LogP contribution in [0.2, 0.25) is 5.02 Å². The van der Waals surface area contributed by atoms with Gasteiger partial charge in [0.2, 0.25) is 0 Å². The fourth-order valence-electron chi connectivity index (χ4n) is 3.10. The van der Waals surface area contributed by atoms with Crippen LogP contribution in [0, 0.1) is 0 Å². The van der Waals surface area contributed by atoms with E-state index < -0.39 is 0 Å². The number of aromatic nitrogens is 3. The zero-order valence-corrected chi connectivity index (χ0v) is 18.4. The number of imidazole rings is 1. The molecule has 0 fully saturated rings. The van der Waals surface area contributed by atoms with Crippen LogP contribution in [-0.4, -0.2) is 14.5 Å². The molecule has 0 saturated heterocycles. The number of rotatable bonds is 4. The van der Waals surface area contributed by atoms with Gasteiger partial charge in [0.25, 0.3) is 0 Å². The van der Waals surface area contributed by atoms with Gasteiger partial charge in [-0.2, -0.15) is 0 Å². The molecule has 7 heteroatoms. The number of halogens is 2. The smallest absolute Gasteiger partial charge is 0.304 e. The van der Waals surface area contributed by atoms with Crippen molar-refractivity contribution in [3.8, 4) is 5.69 Å². The fourth-order valence-corrected chi connectivity index (χ4v) is 4.76. The summed E-state index contributed by atoms with van der Waals surface area (Å²) in [7, 11) is 0. The van der Waals surface area contributed by atoms with Crippen molar-refractivity contribution in [3.05, 3.63) is 86.3 Å². The standard InChI is InChI=1S/C21H17BrClN3OS/c1-21(2,13-6-4-3-5-7-13)28-14-8-9-15(23)17(12-14)26-19-16(24-20(26)27)10-11-18(22)25-19/h3-12H,1-2H3,(H,24,27). The van der Waals surface area contributed by atoms with Crippen molar-refractivity contribution in [2.24, 2.45) is 0 Å². The van der Waals surface area contributed by atoms with E-state index in [1.165, 1.54) is 10.1 Å². The first-order valence-corrected chi connectivity index (χ1v) is 10.7. The molecule has 0 radical (unpaired) electrons. The average molecular weight is 475 g/mol. The molecule has 0 bridgehead atoms. The number of nitrogens with zero attached hydrogens (tertiary/aromatic N) is 2. The summed E-state index contributed by atoms with van der Waals surface area (Å²) < 4.78 is 2.03. The van der Waals surface area contributed by atoms with Gasteiger partial charge in [-0.05, 0) is 65.7 Å². The molecule has 4 rings (SSSR count). The van der Waals surface area contributed by atoms with Gasteiger partial charge >= 0.3 is 5.69 Å². The van der Waals surface area contributed by atoms with Gasteiger partial charge in [0.1, 0.15) is 4.60 Å². The molecular weight excluding hydrogens is 458 g/mol. The van der Waals surface area contributed by atoms with Crippen LogP contribution in [0.3, 0.4) is 0 Å². The highest BCUT2D eigenvalue weighted by molar-refractivity contribution is 9.10. The van der Waals surface area contributed by atoms with E-state index in [9.17, 15) is 4.79 Å². The van der Waals surface area contributed by atoms with E-state index in [1.807, 2.05) is 42.5 Å². The van der Waals surface area contributed by atoms with E-state index in [-0.39, 0.29) is 10.4 Å². The van der Waals surface area contributed by atoms with E-state index in [1.54, 1.807) is 17.8 Å². The minimum Gasteiger partial charge on any atom is -0.304 e. The predicted octanol–water partition coefficient (Wildman–Crippen LogP) is 6.16. The van der Waals surface area contributed by atoms with Gasteiger partial charge in [-0.3, -0.25) is 0 Å². The maximum atomic E-state index is 12.6. The Balaban J connectivity index is 1.80. The van der Waals surface area contributed by atoms with Crippen molar-refractivity contribution in [3.63, 3.8) is 0 Å². The van der Waals surface area contributed by atoms with Gasteiger partial charge in [0.15, 0.2) is 5.65 Å². The molecule has 4 nitrogen and oxygen atoms in total. The fraction of sp³-hybridized carbons (Fsp3) is 0.143. The highest BCUT2D eigenvalue weighted by atomic mass is 79.9. The maximum absolute atomic E-state index is 12.6. The van der Waals surface area contributed by atoms with Crippen LogP contribution in [0.1, 0.15) is 19.4 Å². The number of aromatic amines is 1. The minimum absolute atomic E-state index is 0.140. The summed E-state index contributed by atoms with van der Waals surface area (Å²) in [4.78, 5) is 20.9. The Morgan fingerprint density at radius 2 is 1.86 bits per heavy atom. The van der Waals surface area contributed by atoms with Gasteiger partial charge in [-0.15, -0.1) is 11.8 Å². The number of thioether (sulfide) groups is 1. The highest BCUT2D eigenvalue weighted by Gasteiger charge is 2.23. The predicted molar refractivity (Wildman–Crippen MR) is 120 cm³/mol. The Kier molecular flexibility index (Phi) is 5.12. The second-order valence-corrected chi connectivity index (χ2v) is 9.78. The Labute approximate surface area is 180 Å². The molecule has 0 spiro atoms. The first-order valence-electron chi connectivity index (χ1n) is 8.67. The number of benzene rings is 2. The third-order valence-electron chi connectivity index (χ3n) is 4.50. The van der Waals surface area contributed by atoms with Crippen LogP contribution in [0.4, 0.5) is 0 Å².